The summed E-state index contributed by atoms with van der Waals surface area (Å²) in [6, 6.07) is 7.70. The van der Waals surface area contributed by atoms with Crippen LogP contribution in [0.15, 0.2) is 42.7 Å². The summed E-state index contributed by atoms with van der Waals surface area (Å²) in [4.78, 5) is 33.1. The van der Waals surface area contributed by atoms with Gasteiger partial charge in [0, 0.05) is 47.9 Å². The van der Waals surface area contributed by atoms with E-state index in [-0.39, 0.29) is 24.4 Å². The first-order chi connectivity index (χ1) is 16.8. The number of benzene rings is 1. The number of halogens is 2. The molecule has 1 aromatic carbocycles. The second kappa shape index (κ2) is 10.6. The standard InChI is InChI=1S/C24H23ClFN5O4/c1-31(24(33)34)7-2-3-21(32)29-16-9-14(12-27-13-16)17-11-20(18-10-15(25)4-5-19(18)26)30-23-22(17)35-8-6-28-23/h4-5,9-13H,2-3,6-8H2,1H3,(H,28,30)(H,29,32)(H,33,34). The molecule has 0 aliphatic carbocycles. The summed E-state index contributed by atoms with van der Waals surface area (Å²) in [6.07, 6.45) is 2.61. The van der Waals surface area contributed by atoms with E-state index < -0.39 is 11.9 Å². The highest BCUT2D eigenvalue weighted by molar-refractivity contribution is 6.30. The Balaban J connectivity index is 1.61. The molecule has 1 aliphatic heterocycles. The van der Waals surface area contributed by atoms with Crippen LogP contribution in [0, 0.1) is 5.82 Å². The molecule has 0 atom stereocenters. The second-order valence-corrected chi connectivity index (χ2v) is 8.39. The number of fused-ring (bicyclic) bond motifs is 1. The van der Waals surface area contributed by atoms with E-state index in [9.17, 15) is 14.0 Å². The largest absolute Gasteiger partial charge is 0.487 e. The van der Waals surface area contributed by atoms with Gasteiger partial charge in [-0.1, -0.05) is 11.6 Å². The Morgan fingerprint density at radius 2 is 2.09 bits per heavy atom. The lowest BCUT2D eigenvalue weighted by molar-refractivity contribution is -0.116. The van der Waals surface area contributed by atoms with Gasteiger partial charge < -0.3 is 25.4 Å². The van der Waals surface area contributed by atoms with Crippen LogP contribution in [0.1, 0.15) is 12.8 Å². The fourth-order valence-corrected chi connectivity index (χ4v) is 3.79. The zero-order valence-electron chi connectivity index (χ0n) is 18.8. The predicted octanol–water partition coefficient (Wildman–Crippen LogP) is 4.74. The molecule has 4 rings (SSSR count). The van der Waals surface area contributed by atoms with Crippen molar-refractivity contribution in [1.82, 2.24) is 14.9 Å². The fraction of sp³-hybridized carbons (Fsp3) is 0.250. The topological polar surface area (TPSA) is 117 Å². The highest BCUT2D eigenvalue weighted by Gasteiger charge is 2.21. The molecule has 1 aliphatic rings. The van der Waals surface area contributed by atoms with E-state index in [1.165, 1.54) is 31.4 Å². The number of hydrogen-bond acceptors (Lipinski definition) is 6. The van der Waals surface area contributed by atoms with Gasteiger partial charge in [0.25, 0.3) is 0 Å². The first-order valence-corrected chi connectivity index (χ1v) is 11.3. The molecule has 11 heteroatoms. The third-order valence-electron chi connectivity index (χ3n) is 5.38. The average molecular weight is 500 g/mol. The van der Waals surface area contributed by atoms with Crippen molar-refractivity contribution in [2.75, 3.05) is 37.4 Å². The lowest BCUT2D eigenvalue weighted by atomic mass is 10.0. The van der Waals surface area contributed by atoms with E-state index in [4.69, 9.17) is 21.4 Å². The Hall–Kier alpha value is -3.92. The van der Waals surface area contributed by atoms with Crippen molar-refractivity contribution in [2.24, 2.45) is 0 Å². The van der Waals surface area contributed by atoms with Gasteiger partial charge in [-0.15, -0.1) is 0 Å². The van der Waals surface area contributed by atoms with E-state index in [1.807, 2.05) is 0 Å². The van der Waals surface area contributed by atoms with Crippen LogP contribution >= 0.6 is 11.6 Å². The summed E-state index contributed by atoms with van der Waals surface area (Å²) in [5.74, 6) is 0.251. The van der Waals surface area contributed by atoms with Crippen LogP contribution in [0.25, 0.3) is 22.4 Å². The molecular weight excluding hydrogens is 477 g/mol. The minimum atomic E-state index is -1.04. The Bertz CT molecular complexity index is 1270. The molecule has 0 radical (unpaired) electrons. The van der Waals surface area contributed by atoms with Crippen molar-refractivity contribution in [3.8, 4) is 28.1 Å². The number of pyridine rings is 2. The summed E-state index contributed by atoms with van der Waals surface area (Å²) in [5.41, 5.74) is 2.35. The summed E-state index contributed by atoms with van der Waals surface area (Å²) in [6.45, 7) is 1.23. The Labute approximate surface area is 205 Å². The smallest absolute Gasteiger partial charge is 0.407 e. The first kappa shape index (κ1) is 24.2. The molecule has 35 heavy (non-hydrogen) atoms. The number of hydrogen-bond donors (Lipinski definition) is 3. The van der Waals surface area contributed by atoms with Gasteiger partial charge in [-0.25, -0.2) is 14.2 Å². The van der Waals surface area contributed by atoms with Crippen molar-refractivity contribution in [2.45, 2.75) is 12.8 Å². The van der Waals surface area contributed by atoms with Crippen molar-refractivity contribution in [1.29, 1.82) is 0 Å². The van der Waals surface area contributed by atoms with Crippen LogP contribution in [0.5, 0.6) is 5.75 Å². The van der Waals surface area contributed by atoms with Crippen LogP contribution in [0.4, 0.5) is 20.7 Å². The number of aromatic nitrogens is 2. The van der Waals surface area contributed by atoms with E-state index in [0.717, 1.165) is 4.90 Å². The molecule has 3 heterocycles. The van der Waals surface area contributed by atoms with E-state index in [1.54, 1.807) is 18.3 Å². The maximum Gasteiger partial charge on any atom is 0.407 e. The minimum Gasteiger partial charge on any atom is -0.487 e. The number of carbonyl (C=O) groups is 2. The quantitative estimate of drug-likeness (QED) is 0.430. The van der Waals surface area contributed by atoms with Gasteiger partial charge in [-0.2, -0.15) is 0 Å². The van der Waals surface area contributed by atoms with E-state index in [0.29, 0.717) is 58.7 Å². The van der Waals surface area contributed by atoms with Crippen LogP contribution in [-0.4, -0.2) is 58.7 Å². The number of amides is 2. The van der Waals surface area contributed by atoms with Gasteiger partial charge in [0.05, 0.1) is 24.1 Å². The fourth-order valence-electron chi connectivity index (χ4n) is 3.62. The van der Waals surface area contributed by atoms with Crippen LogP contribution in [-0.2, 0) is 4.79 Å². The Kier molecular flexibility index (Phi) is 7.31. The number of anilines is 2. The van der Waals surface area contributed by atoms with Gasteiger partial charge in [-0.3, -0.25) is 9.78 Å². The monoisotopic (exact) mass is 499 g/mol. The van der Waals surface area contributed by atoms with Crippen molar-refractivity contribution in [3.63, 3.8) is 0 Å². The van der Waals surface area contributed by atoms with Gasteiger partial charge in [0.1, 0.15) is 12.4 Å². The predicted molar refractivity (Wildman–Crippen MR) is 130 cm³/mol. The third kappa shape index (κ3) is 5.78. The molecular formula is C24H23ClFN5O4. The summed E-state index contributed by atoms with van der Waals surface area (Å²) < 4.78 is 20.4. The molecule has 0 saturated heterocycles. The van der Waals surface area contributed by atoms with Crippen molar-refractivity contribution >= 4 is 35.1 Å². The molecule has 2 amide bonds. The van der Waals surface area contributed by atoms with E-state index in [2.05, 4.69) is 20.6 Å². The lowest BCUT2D eigenvalue weighted by Crippen LogP contribution is -2.26. The third-order valence-corrected chi connectivity index (χ3v) is 5.61. The molecule has 0 fully saturated rings. The molecule has 2 aromatic heterocycles. The van der Waals surface area contributed by atoms with Gasteiger partial charge in [0.15, 0.2) is 11.6 Å². The number of rotatable bonds is 7. The van der Waals surface area contributed by atoms with Crippen molar-refractivity contribution < 1.29 is 23.8 Å². The second-order valence-electron chi connectivity index (χ2n) is 7.95. The number of carbonyl (C=O) groups excluding carboxylic acids is 1. The van der Waals surface area contributed by atoms with E-state index >= 15 is 0 Å². The first-order valence-electron chi connectivity index (χ1n) is 10.9. The number of nitrogens with one attached hydrogen (secondary N) is 2. The molecule has 0 unspecified atom stereocenters. The number of nitrogens with zero attached hydrogens (tertiary/aromatic N) is 3. The highest BCUT2D eigenvalue weighted by atomic mass is 35.5. The number of ether oxygens (including phenoxy) is 1. The normalized spacial score (nSPS) is 12.2. The summed E-state index contributed by atoms with van der Waals surface area (Å²) in [7, 11) is 1.45. The van der Waals surface area contributed by atoms with Gasteiger partial charge in [0.2, 0.25) is 5.91 Å². The molecule has 0 bridgehead atoms. The lowest BCUT2D eigenvalue weighted by Gasteiger charge is -2.22. The SMILES string of the molecule is CN(CCCC(=O)Nc1cncc(-c2cc(-c3cc(Cl)ccc3F)nc3c2OCCN3)c1)C(=O)O. The minimum absolute atomic E-state index is 0.151. The average Bonchev–Trinajstić information content (AvgIpc) is 2.84. The molecule has 9 nitrogen and oxygen atoms in total. The van der Waals surface area contributed by atoms with Gasteiger partial charge >= 0.3 is 6.09 Å². The molecule has 0 spiro atoms. The Morgan fingerprint density at radius 1 is 1.26 bits per heavy atom. The summed E-state index contributed by atoms with van der Waals surface area (Å²) >= 11 is 6.09. The van der Waals surface area contributed by atoms with Gasteiger partial charge in [-0.05, 0) is 36.8 Å². The zero-order chi connectivity index (χ0) is 24.9. The number of carboxylic acid groups (broad SMARTS) is 1. The maximum absolute atomic E-state index is 14.6. The van der Waals surface area contributed by atoms with Crippen LogP contribution in [0.3, 0.4) is 0 Å². The zero-order valence-corrected chi connectivity index (χ0v) is 19.6. The molecule has 0 saturated carbocycles. The molecule has 182 valence electrons. The summed E-state index contributed by atoms with van der Waals surface area (Å²) in [5, 5.41) is 15.2. The van der Waals surface area contributed by atoms with Crippen molar-refractivity contribution in [3.05, 3.63) is 53.6 Å². The molecule has 3 aromatic rings. The highest BCUT2D eigenvalue weighted by Crippen LogP contribution is 2.41. The van der Waals surface area contributed by atoms with Crippen LogP contribution in [0.2, 0.25) is 5.02 Å². The Morgan fingerprint density at radius 3 is 2.89 bits per heavy atom. The molecule has 3 N–H and O–H groups in total. The van der Waals surface area contributed by atoms with Crippen LogP contribution < -0.4 is 15.4 Å². The maximum atomic E-state index is 14.6.